The number of hydrogen-bond acceptors (Lipinski definition) is 4. The Kier molecular flexibility index (Phi) is 4.70. The molecule has 19 heavy (non-hydrogen) atoms. The van der Waals surface area contributed by atoms with Gasteiger partial charge in [-0.25, -0.2) is 4.39 Å². The molecule has 104 valence electrons. The molecule has 1 rings (SSSR count). The fourth-order valence-corrected chi connectivity index (χ4v) is 1.42. The molecule has 0 aliphatic carbocycles. The molecular weight excluding hydrogens is 292 g/mol. The van der Waals surface area contributed by atoms with Gasteiger partial charge in [0.25, 0.3) is 5.69 Å². The predicted octanol–water partition coefficient (Wildman–Crippen LogP) is 2.93. The van der Waals surface area contributed by atoms with Crippen LogP contribution in [0.3, 0.4) is 0 Å². The summed E-state index contributed by atoms with van der Waals surface area (Å²) in [6, 6.07) is 2.34. The largest absolute Gasteiger partial charge is 0.442 e. The summed E-state index contributed by atoms with van der Waals surface area (Å²) in [7, 11) is 0. The SMILES string of the molecule is O=C(CSC(F)(F)F)Nc1cc([N+](=O)[O-])ccc1F. The molecular formula is C9H6F4N2O3S. The molecule has 0 saturated carbocycles. The highest BCUT2D eigenvalue weighted by Gasteiger charge is 2.29. The van der Waals surface area contributed by atoms with Gasteiger partial charge in [-0.3, -0.25) is 14.9 Å². The standard InChI is InChI=1S/C9H6F4N2O3S/c10-6-2-1-5(15(17)18)3-7(6)14-8(16)4-19-9(11,12)13/h1-3H,4H2,(H,14,16). The lowest BCUT2D eigenvalue weighted by Gasteiger charge is -2.07. The first-order chi connectivity index (χ1) is 8.69. The number of carbonyl (C=O) groups excluding carboxylic acids is 1. The molecule has 0 heterocycles. The van der Waals surface area contributed by atoms with E-state index in [1.54, 1.807) is 0 Å². The minimum absolute atomic E-state index is 0.486. The molecule has 1 aromatic carbocycles. The van der Waals surface area contributed by atoms with Gasteiger partial charge in [0.2, 0.25) is 5.91 Å². The summed E-state index contributed by atoms with van der Waals surface area (Å²) >= 11 is -0.591. The van der Waals surface area contributed by atoms with Crippen molar-refractivity contribution in [3.8, 4) is 0 Å². The Balaban J connectivity index is 2.73. The van der Waals surface area contributed by atoms with E-state index in [2.05, 4.69) is 0 Å². The molecule has 0 spiro atoms. The van der Waals surface area contributed by atoms with E-state index in [9.17, 15) is 32.5 Å². The van der Waals surface area contributed by atoms with Gasteiger partial charge >= 0.3 is 5.51 Å². The number of halogens is 4. The van der Waals surface area contributed by atoms with Crippen LogP contribution in [0.2, 0.25) is 0 Å². The number of anilines is 1. The number of non-ortho nitro benzene ring substituents is 1. The number of carbonyl (C=O) groups is 1. The first-order valence-corrected chi connectivity index (χ1v) is 5.62. The third-order valence-electron chi connectivity index (χ3n) is 1.80. The lowest BCUT2D eigenvalue weighted by molar-refractivity contribution is -0.384. The van der Waals surface area contributed by atoms with Gasteiger partial charge in [0.1, 0.15) is 5.82 Å². The number of hydrogen-bond donors (Lipinski definition) is 1. The molecule has 1 aromatic rings. The Morgan fingerprint density at radius 1 is 1.42 bits per heavy atom. The first kappa shape index (κ1) is 15.2. The number of nitro groups is 1. The Morgan fingerprint density at radius 3 is 2.58 bits per heavy atom. The highest BCUT2D eigenvalue weighted by Crippen LogP contribution is 2.30. The van der Waals surface area contributed by atoms with Crippen molar-refractivity contribution < 1.29 is 27.3 Å². The summed E-state index contributed by atoms with van der Waals surface area (Å²) in [5.41, 5.74) is -5.61. The topological polar surface area (TPSA) is 72.2 Å². The minimum atomic E-state index is -4.58. The molecule has 0 aliphatic rings. The van der Waals surface area contributed by atoms with Crippen LogP contribution >= 0.6 is 11.8 Å². The zero-order chi connectivity index (χ0) is 14.6. The number of nitrogens with zero attached hydrogens (tertiary/aromatic N) is 1. The molecule has 5 nitrogen and oxygen atoms in total. The first-order valence-electron chi connectivity index (χ1n) is 4.63. The molecule has 0 saturated heterocycles. The van der Waals surface area contributed by atoms with E-state index in [1.165, 1.54) is 0 Å². The zero-order valence-electron chi connectivity index (χ0n) is 9.03. The normalized spacial score (nSPS) is 11.2. The van der Waals surface area contributed by atoms with Gasteiger partial charge in [-0.05, 0) is 17.8 Å². The summed E-state index contributed by atoms with van der Waals surface area (Å²) in [4.78, 5) is 20.7. The fourth-order valence-electron chi connectivity index (χ4n) is 1.06. The second-order valence-corrected chi connectivity index (χ2v) is 4.24. The highest BCUT2D eigenvalue weighted by atomic mass is 32.2. The van der Waals surface area contributed by atoms with E-state index < -0.39 is 51.0 Å². The summed E-state index contributed by atoms with van der Waals surface area (Å²) in [5, 5.41) is 12.3. The molecule has 0 fully saturated rings. The quantitative estimate of drug-likeness (QED) is 0.527. The van der Waals surface area contributed by atoms with Crippen molar-refractivity contribution in [3.63, 3.8) is 0 Å². The van der Waals surface area contributed by atoms with Gasteiger partial charge in [-0.2, -0.15) is 13.2 Å². The monoisotopic (exact) mass is 298 g/mol. The number of amides is 1. The van der Waals surface area contributed by atoms with Crippen LogP contribution in [0, 0.1) is 15.9 Å². The van der Waals surface area contributed by atoms with Crippen LogP contribution in [0.4, 0.5) is 28.9 Å². The third-order valence-corrected chi connectivity index (χ3v) is 2.54. The number of rotatable bonds is 4. The van der Waals surface area contributed by atoms with Crippen LogP contribution < -0.4 is 5.32 Å². The van der Waals surface area contributed by atoms with Gasteiger partial charge in [0, 0.05) is 12.1 Å². The summed E-state index contributed by atoms with van der Waals surface area (Å²) in [6.45, 7) is 0. The lowest BCUT2D eigenvalue weighted by atomic mass is 10.2. The molecule has 0 atom stereocenters. The second-order valence-electron chi connectivity index (χ2n) is 3.20. The number of thioether (sulfide) groups is 1. The fraction of sp³-hybridized carbons (Fsp3) is 0.222. The van der Waals surface area contributed by atoms with Crippen molar-refractivity contribution in [1.29, 1.82) is 0 Å². The average Bonchev–Trinajstić information content (AvgIpc) is 2.28. The third kappa shape index (κ3) is 5.12. The average molecular weight is 298 g/mol. The summed E-state index contributed by atoms with van der Waals surface area (Å²) in [6.07, 6.45) is 0. The Hall–Kier alpha value is -1.84. The molecule has 0 aliphatic heterocycles. The van der Waals surface area contributed by atoms with Crippen molar-refractivity contribution in [1.82, 2.24) is 0 Å². The molecule has 0 bridgehead atoms. The maximum atomic E-state index is 13.2. The van der Waals surface area contributed by atoms with Crippen molar-refractivity contribution in [2.45, 2.75) is 5.51 Å². The summed E-state index contributed by atoms with van der Waals surface area (Å²) in [5.74, 6) is -3.05. The summed E-state index contributed by atoms with van der Waals surface area (Å²) < 4.78 is 48.7. The van der Waals surface area contributed by atoms with Crippen LogP contribution in [0.15, 0.2) is 18.2 Å². The molecule has 0 unspecified atom stereocenters. The molecule has 10 heteroatoms. The van der Waals surface area contributed by atoms with E-state index in [0.717, 1.165) is 18.2 Å². The van der Waals surface area contributed by atoms with Gasteiger partial charge in [-0.1, -0.05) is 0 Å². The van der Waals surface area contributed by atoms with Crippen molar-refractivity contribution in [2.24, 2.45) is 0 Å². The Morgan fingerprint density at radius 2 is 2.05 bits per heavy atom. The maximum Gasteiger partial charge on any atom is 0.442 e. The van der Waals surface area contributed by atoms with Crippen LogP contribution in [0.25, 0.3) is 0 Å². The Labute approximate surface area is 108 Å². The second kappa shape index (κ2) is 5.87. The van der Waals surface area contributed by atoms with Crippen molar-refractivity contribution >= 4 is 29.0 Å². The van der Waals surface area contributed by atoms with Crippen LogP contribution in [0.5, 0.6) is 0 Å². The number of nitro benzene ring substituents is 1. The molecule has 0 aromatic heterocycles. The van der Waals surface area contributed by atoms with Crippen molar-refractivity contribution in [2.75, 3.05) is 11.1 Å². The van der Waals surface area contributed by atoms with Crippen LogP contribution in [0.1, 0.15) is 0 Å². The number of nitrogens with one attached hydrogen (secondary N) is 1. The van der Waals surface area contributed by atoms with E-state index in [4.69, 9.17) is 0 Å². The van der Waals surface area contributed by atoms with E-state index in [-0.39, 0.29) is 0 Å². The van der Waals surface area contributed by atoms with Gasteiger partial charge < -0.3 is 5.32 Å². The maximum absolute atomic E-state index is 13.2. The van der Waals surface area contributed by atoms with Gasteiger partial charge in [-0.15, -0.1) is 0 Å². The van der Waals surface area contributed by atoms with Gasteiger partial charge in [0.15, 0.2) is 0 Å². The van der Waals surface area contributed by atoms with E-state index >= 15 is 0 Å². The van der Waals surface area contributed by atoms with Gasteiger partial charge in [0.05, 0.1) is 16.4 Å². The number of benzene rings is 1. The number of alkyl halides is 3. The van der Waals surface area contributed by atoms with Crippen LogP contribution in [-0.2, 0) is 4.79 Å². The lowest BCUT2D eigenvalue weighted by Crippen LogP contribution is -2.18. The highest BCUT2D eigenvalue weighted by molar-refractivity contribution is 8.00. The van der Waals surface area contributed by atoms with E-state index in [1.807, 2.05) is 5.32 Å². The minimum Gasteiger partial charge on any atom is -0.323 e. The zero-order valence-corrected chi connectivity index (χ0v) is 9.85. The predicted molar refractivity (Wildman–Crippen MR) is 60.2 cm³/mol. The van der Waals surface area contributed by atoms with E-state index in [0.29, 0.717) is 0 Å². The van der Waals surface area contributed by atoms with Crippen molar-refractivity contribution in [3.05, 3.63) is 34.1 Å². The van der Waals surface area contributed by atoms with Crippen LogP contribution in [-0.4, -0.2) is 22.1 Å². The smallest absolute Gasteiger partial charge is 0.323 e. The Bertz CT molecular complexity index is 507. The molecule has 1 amide bonds. The molecule has 1 N–H and O–H groups in total. The molecule has 0 radical (unpaired) electrons.